The monoisotopic (exact) mass is 434 g/mol. The number of benzene rings is 2. The van der Waals surface area contributed by atoms with E-state index in [0.29, 0.717) is 22.6 Å². The van der Waals surface area contributed by atoms with Gasteiger partial charge in [-0.1, -0.05) is 18.2 Å². The second kappa shape index (κ2) is 8.50. The minimum Gasteiger partial charge on any atom is -0.465 e. The third kappa shape index (κ3) is 4.15. The van der Waals surface area contributed by atoms with Crippen molar-refractivity contribution in [2.75, 3.05) is 7.11 Å². The lowest BCUT2D eigenvalue weighted by Gasteiger charge is -2.11. The summed E-state index contributed by atoms with van der Waals surface area (Å²) in [5.41, 5.74) is 2.74. The van der Waals surface area contributed by atoms with Gasteiger partial charge in [0.05, 0.1) is 19.2 Å². The van der Waals surface area contributed by atoms with Crippen molar-refractivity contribution < 1.29 is 27.9 Å². The van der Waals surface area contributed by atoms with Crippen molar-refractivity contribution in [3.8, 4) is 11.3 Å². The molecule has 2 aromatic carbocycles. The van der Waals surface area contributed by atoms with E-state index in [4.69, 9.17) is 9.15 Å². The van der Waals surface area contributed by atoms with Crippen LogP contribution >= 0.6 is 0 Å². The van der Waals surface area contributed by atoms with Crippen molar-refractivity contribution >= 4 is 24.0 Å². The van der Waals surface area contributed by atoms with Crippen LogP contribution in [-0.2, 0) is 16.1 Å². The highest BCUT2D eigenvalue weighted by atomic mass is 19.1. The number of amides is 3. The maximum Gasteiger partial charge on any atom is 0.337 e. The molecule has 2 heterocycles. The van der Waals surface area contributed by atoms with Crippen molar-refractivity contribution in [2.24, 2.45) is 0 Å². The van der Waals surface area contributed by atoms with Gasteiger partial charge in [0.15, 0.2) is 0 Å². The summed E-state index contributed by atoms with van der Waals surface area (Å²) in [7, 11) is 1.32. The molecular weight excluding hydrogens is 415 g/mol. The Morgan fingerprint density at radius 1 is 1.12 bits per heavy atom. The standard InChI is InChI=1S/C24H19FN2O5/c1-14-11-16(23(29)31-2)5-9-19(14)21-10-8-18(32-21)12-20-22(28)27(24(30)26-20)13-15-3-6-17(25)7-4-15/h3-12H,13H2,1-2H3,(H,26,30)/b20-12-. The smallest absolute Gasteiger partial charge is 0.337 e. The first-order valence-electron chi connectivity index (χ1n) is 9.74. The van der Waals surface area contributed by atoms with Gasteiger partial charge in [0.1, 0.15) is 23.0 Å². The molecule has 0 bridgehead atoms. The molecule has 0 spiro atoms. The first-order chi connectivity index (χ1) is 15.4. The van der Waals surface area contributed by atoms with Crippen LogP contribution in [0.5, 0.6) is 0 Å². The minimum absolute atomic E-state index is 0.0252. The van der Waals surface area contributed by atoms with Crippen LogP contribution in [0.15, 0.2) is 64.7 Å². The number of halogens is 1. The number of esters is 1. The van der Waals surface area contributed by atoms with Crippen molar-refractivity contribution in [2.45, 2.75) is 13.5 Å². The fourth-order valence-corrected chi connectivity index (χ4v) is 3.39. The average molecular weight is 434 g/mol. The fraction of sp³-hybridized carbons (Fsp3) is 0.125. The third-order valence-electron chi connectivity index (χ3n) is 5.04. The number of urea groups is 1. The van der Waals surface area contributed by atoms with E-state index in [9.17, 15) is 18.8 Å². The summed E-state index contributed by atoms with van der Waals surface area (Å²) in [5, 5.41) is 2.53. The Morgan fingerprint density at radius 3 is 2.56 bits per heavy atom. The van der Waals surface area contributed by atoms with Gasteiger partial charge in [-0.3, -0.25) is 9.69 Å². The Bertz CT molecular complexity index is 1240. The van der Waals surface area contributed by atoms with E-state index in [1.807, 2.05) is 6.92 Å². The number of carbonyl (C=O) groups excluding carboxylic acids is 3. The fourth-order valence-electron chi connectivity index (χ4n) is 3.39. The molecule has 32 heavy (non-hydrogen) atoms. The van der Waals surface area contributed by atoms with E-state index in [1.54, 1.807) is 30.3 Å². The molecule has 1 fully saturated rings. The number of furan rings is 1. The number of imide groups is 1. The lowest BCUT2D eigenvalue weighted by atomic mass is 10.0. The molecule has 4 rings (SSSR count). The van der Waals surface area contributed by atoms with E-state index in [-0.39, 0.29) is 12.2 Å². The molecule has 1 aliphatic heterocycles. The maximum atomic E-state index is 13.1. The van der Waals surface area contributed by atoms with Gasteiger partial charge >= 0.3 is 12.0 Å². The zero-order valence-corrected chi connectivity index (χ0v) is 17.3. The number of aryl methyl sites for hydroxylation is 1. The number of ether oxygens (including phenoxy) is 1. The summed E-state index contributed by atoms with van der Waals surface area (Å²) in [5.74, 6) is -0.397. The molecule has 0 unspecified atom stereocenters. The summed E-state index contributed by atoms with van der Waals surface area (Å²) in [6, 6.07) is 13.5. The van der Waals surface area contributed by atoms with Crippen LogP contribution in [0.3, 0.4) is 0 Å². The number of nitrogens with zero attached hydrogens (tertiary/aromatic N) is 1. The average Bonchev–Trinajstić information content (AvgIpc) is 3.34. The Labute approximate surface area is 183 Å². The second-order valence-corrected chi connectivity index (χ2v) is 7.23. The molecule has 3 aromatic rings. The van der Waals surface area contributed by atoms with Gasteiger partial charge in [0, 0.05) is 11.6 Å². The van der Waals surface area contributed by atoms with Gasteiger partial charge in [-0.2, -0.15) is 0 Å². The second-order valence-electron chi connectivity index (χ2n) is 7.23. The van der Waals surface area contributed by atoms with Gasteiger partial charge in [-0.15, -0.1) is 0 Å². The van der Waals surface area contributed by atoms with Crippen LogP contribution in [-0.4, -0.2) is 29.9 Å². The van der Waals surface area contributed by atoms with Gasteiger partial charge < -0.3 is 14.5 Å². The normalized spacial score (nSPS) is 14.7. The molecule has 1 saturated heterocycles. The Morgan fingerprint density at radius 2 is 1.88 bits per heavy atom. The Kier molecular flexibility index (Phi) is 5.59. The van der Waals surface area contributed by atoms with Crippen LogP contribution < -0.4 is 5.32 Å². The largest absolute Gasteiger partial charge is 0.465 e. The lowest BCUT2D eigenvalue weighted by Crippen LogP contribution is -2.30. The van der Waals surface area contributed by atoms with Gasteiger partial charge in [0.25, 0.3) is 5.91 Å². The highest BCUT2D eigenvalue weighted by Gasteiger charge is 2.33. The molecule has 0 saturated carbocycles. The molecule has 1 aliphatic rings. The number of nitrogens with one attached hydrogen (secondary N) is 1. The molecule has 3 amide bonds. The summed E-state index contributed by atoms with van der Waals surface area (Å²) < 4.78 is 23.6. The van der Waals surface area contributed by atoms with Crippen LogP contribution in [0.2, 0.25) is 0 Å². The zero-order valence-electron chi connectivity index (χ0n) is 17.3. The molecule has 0 radical (unpaired) electrons. The van der Waals surface area contributed by atoms with Crippen LogP contribution in [0.25, 0.3) is 17.4 Å². The molecule has 0 aliphatic carbocycles. The lowest BCUT2D eigenvalue weighted by molar-refractivity contribution is -0.123. The topological polar surface area (TPSA) is 88.9 Å². The van der Waals surface area contributed by atoms with E-state index >= 15 is 0 Å². The zero-order chi connectivity index (χ0) is 22.8. The number of hydrogen-bond donors (Lipinski definition) is 1. The molecule has 1 N–H and O–H groups in total. The minimum atomic E-state index is -0.563. The van der Waals surface area contributed by atoms with Crippen molar-refractivity contribution in [3.05, 3.63) is 88.6 Å². The number of rotatable bonds is 5. The van der Waals surface area contributed by atoms with E-state index in [2.05, 4.69) is 5.32 Å². The first kappa shape index (κ1) is 21.0. The Hall–Kier alpha value is -4.20. The first-order valence-corrected chi connectivity index (χ1v) is 9.74. The third-order valence-corrected chi connectivity index (χ3v) is 5.04. The highest BCUT2D eigenvalue weighted by molar-refractivity contribution is 6.13. The molecule has 7 nitrogen and oxygen atoms in total. The summed E-state index contributed by atoms with van der Waals surface area (Å²) in [6.07, 6.45) is 1.45. The summed E-state index contributed by atoms with van der Waals surface area (Å²) >= 11 is 0. The van der Waals surface area contributed by atoms with E-state index < -0.39 is 23.7 Å². The number of carbonyl (C=O) groups is 3. The molecule has 0 atom stereocenters. The van der Waals surface area contributed by atoms with Gasteiger partial charge in [0.2, 0.25) is 0 Å². The summed E-state index contributed by atoms with van der Waals surface area (Å²) in [6.45, 7) is 1.87. The molecule has 1 aromatic heterocycles. The number of hydrogen-bond acceptors (Lipinski definition) is 5. The summed E-state index contributed by atoms with van der Waals surface area (Å²) in [4.78, 5) is 37.6. The Balaban J connectivity index is 1.53. The van der Waals surface area contributed by atoms with Crippen molar-refractivity contribution in [1.29, 1.82) is 0 Å². The predicted octanol–water partition coefficient (Wildman–Crippen LogP) is 4.27. The quantitative estimate of drug-likeness (QED) is 0.368. The van der Waals surface area contributed by atoms with E-state index in [1.165, 1.54) is 37.5 Å². The SMILES string of the molecule is COC(=O)c1ccc(-c2ccc(/C=C3\NC(=O)N(Cc4ccc(F)cc4)C3=O)o2)c(C)c1. The molecular formula is C24H19FN2O5. The molecule has 162 valence electrons. The predicted molar refractivity (Wildman–Crippen MR) is 114 cm³/mol. The maximum absolute atomic E-state index is 13.1. The van der Waals surface area contributed by atoms with Crippen LogP contribution in [0.1, 0.15) is 27.2 Å². The van der Waals surface area contributed by atoms with Crippen LogP contribution in [0, 0.1) is 12.7 Å². The van der Waals surface area contributed by atoms with Crippen LogP contribution in [0.4, 0.5) is 9.18 Å². The highest BCUT2D eigenvalue weighted by Crippen LogP contribution is 2.28. The van der Waals surface area contributed by atoms with Crippen molar-refractivity contribution in [1.82, 2.24) is 10.2 Å². The van der Waals surface area contributed by atoms with Gasteiger partial charge in [-0.25, -0.2) is 14.0 Å². The van der Waals surface area contributed by atoms with E-state index in [0.717, 1.165) is 16.0 Å². The van der Waals surface area contributed by atoms with Gasteiger partial charge in [-0.05, 0) is 54.4 Å². The molecule has 8 heteroatoms. The van der Waals surface area contributed by atoms with Crippen molar-refractivity contribution in [3.63, 3.8) is 0 Å². The number of methoxy groups -OCH3 is 1.